The Labute approximate surface area is 135 Å². The maximum absolute atomic E-state index is 2.45. The van der Waals surface area contributed by atoms with Crippen LogP contribution in [0.1, 0.15) is 33.1 Å². The third-order valence-electron chi connectivity index (χ3n) is 4.44. The summed E-state index contributed by atoms with van der Waals surface area (Å²) >= 11 is 0. The molecule has 0 heterocycles. The Morgan fingerprint density at radius 2 is 1.41 bits per heavy atom. The molecule has 1 aliphatic carbocycles. The Balaban J connectivity index is 2.09. The zero-order valence-electron chi connectivity index (χ0n) is 13.5. The van der Waals surface area contributed by atoms with E-state index in [2.05, 4.69) is 80.6 Å². The van der Waals surface area contributed by atoms with Gasteiger partial charge in [-0.3, -0.25) is 0 Å². The Hall–Kier alpha value is -1.86. The van der Waals surface area contributed by atoms with Crippen molar-refractivity contribution in [3.05, 3.63) is 83.1 Å². The lowest BCUT2D eigenvalue weighted by Crippen LogP contribution is -2.44. The van der Waals surface area contributed by atoms with Crippen LogP contribution in [-0.4, -0.2) is 8.80 Å². The Bertz CT molecular complexity index is 641. The number of hydrogen-bond donors (Lipinski definition) is 0. The molecule has 112 valence electrons. The van der Waals surface area contributed by atoms with Crippen LogP contribution >= 0.6 is 0 Å². The average molecular weight is 305 g/mol. The fourth-order valence-corrected chi connectivity index (χ4v) is 7.06. The zero-order valence-corrected chi connectivity index (χ0v) is 14.7. The molecule has 2 aromatic rings. The van der Waals surface area contributed by atoms with Crippen molar-refractivity contribution in [2.75, 3.05) is 0 Å². The molecule has 0 amide bonds. The van der Waals surface area contributed by atoms with Crippen LogP contribution < -0.4 is 10.4 Å². The van der Waals surface area contributed by atoms with Crippen LogP contribution in [0.2, 0.25) is 0 Å². The molecule has 22 heavy (non-hydrogen) atoms. The van der Waals surface area contributed by atoms with Crippen LogP contribution in [0.4, 0.5) is 0 Å². The summed E-state index contributed by atoms with van der Waals surface area (Å²) in [4.78, 5) is 0. The highest BCUT2D eigenvalue weighted by atomic mass is 28.3. The quantitative estimate of drug-likeness (QED) is 0.732. The molecule has 0 fully saturated rings. The normalized spacial score (nSPS) is 14.6. The van der Waals surface area contributed by atoms with E-state index in [0.29, 0.717) is 0 Å². The second-order valence-corrected chi connectivity index (χ2v) is 9.12. The number of rotatable bonds is 5. The average Bonchev–Trinajstić information content (AvgIpc) is 2.90. The van der Waals surface area contributed by atoms with Crippen molar-refractivity contribution in [1.82, 2.24) is 0 Å². The van der Waals surface area contributed by atoms with Crippen molar-refractivity contribution in [3.63, 3.8) is 0 Å². The molecule has 0 spiro atoms. The second-order valence-electron chi connectivity index (χ2n) is 6.22. The summed E-state index contributed by atoms with van der Waals surface area (Å²) in [7, 11) is -1.30. The summed E-state index contributed by atoms with van der Waals surface area (Å²) in [5, 5.41) is 4.82. The van der Waals surface area contributed by atoms with Gasteiger partial charge in [-0.05, 0) is 19.8 Å². The van der Waals surface area contributed by atoms with Gasteiger partial charge in [0.05, 0.1) is 0 Å². The van der Waals surface area contributed by atoms with E-state index in [4.69, 9.17) is 0 Å². The summed E-state index contributed by atoms with van der Waals surface area (Å²) in [6, 6.07) is 22.3. The first-order valence-electron chi connectivity index (χ1n) is 8.28. The van der Waals surface area contributed by atoms with E-state index in [9.17, 15) is 0 Å². The second kappa shape index (κ2) is 6.93. The minimum atomic E-state index is -1.30. The van der Waals surface area contributed by atoms with Crippen molar-refractivity contribution < 1.29 is 0 Å². The van der Waals surface area contributed by atoms with Gasteiger partial charge in [-0.2, -0.15) is 0 Å². The monoisotopic (exact) mass is 304 g/mol. The first-order valence-corrected chi connectivity index (χ1v) is 10.0. The van der Waals surface area contributed by atoms with Gasteiger partial charge in [0.1, 0.15) is 8.80 Å². The maximum atomic E-state index is 2.45. The summed E-state index contributed by atoms with van der Waals surface area (Å²) in [6.07, 6.45) is 6.07. The number of benzene rings is 2. The Kier molecular flexibility index (Phi) is 4.74. The molecular formula is C21H24Si. The van der Waals surface area contributed by atoms with E-state index in [1.54, 1.807) is 21.1 Å². The van der Waals surface area contributed by atoms with Crippen molar-refractivity contribution in [2.24, 2.45) is 0 Å². The minimum Gasteiger partial charge on any atom is -0.0694 e. The molecule has 0 atom stereocenters. The fourth-order valence-electron chi connectivity index (χ4n) is 3.53. The van der Waals surface area contributed by atoms with E-state index in [1.165, 1.54) is 24.8 Å². The standard InChI is InChI=1S/C21H24Si/c1-3-10-18-15-17(2)16-21(18)22(19-11-6-4-7-12-19)20-13-8-5-9-14-20/h4-9,11-15,22H,3,10,16H2,1-2H3. The Morgan fingerprint density at radius 3 is 1.91 bits per heavy atom. The first kappa shape index (κ1) is 15.0. The van der Waals surface area contributed by atoms with Crippen LogP contribution in [0.5, 0.6) is 0 Å². The fraction of sp³-hybridized carbons (Fsp3) is 0.238. The minimum absolute atomic E-state index is 1.18. The molecular weight excluding hydrogens is 280 g/mol. The number of allylic oxidation sites excluding steroid dienone is 4. The smallest absolute Gasteiger partial charge is 0.0694 e. The first-order chi connectivity index (χ1) is 10.8. The molecule has 0 saturated carbocycles. The van der Waals surface area contributed by atoms with Gasteiger partial charge in [-0.15, -0.1) is 0 Å². The summed E-state index contributed by atoms with van der Waals surface area (Å²) in [6.45, 7) is 4.57. The summed E-state index contributed by atoms with van der Waals surface area (Å²) < 4.78 is 0. The highest BCUT2D eigenvalue weighted by molar-refractivity contribution is 6.91. The van der Waals surface area contributed by atoms with Crippen LogP contribution in [0.3, 0.4) is 0 Å². The maximum Gasteiger partial charge on any atom is 0.129 e. The zero-order chi connectivity index (χ0) is 15.4. The van der Waals surface area contributed by atoms with Gasteiger partial charge in [0.15, 0.2) is 0 Å². The van der Waals surface area contributed by atoms with E-state index >= 15 is 0 Å². The van der Waals surface area contributed by atoms with Crippen molar-refractivity contribution in [2.45, 2.75) is 33.1 Å². The lowest BCUT2D eigenvalue weighted by Gasteiger charge is -2.20. The predicted octanol–water partition coefficient (Wildman–Crippen LogP) is 4.01. The molecule has 0 nitrogen and oxygen atoms in total. The molecule has 1 heteroatoms. The van der Waals surface area contributed by atoms with Crippen molar-refractivity contribution in [3.8, 4) is 0 Å². The van der Waals surface area contributed by atoms with E-state index in [-0.39, 0.29) is 0 Å². The lowest BCUT2D eigenvalue weighted by molar-refractivity contribution is 0.924. The SMILES string of the molecule is CCCC1=C([SiH](c2ccccc2)c2ccccc2)CC(C)=C1. The highest BCUT2D eigenvalue weighted by Gasteiger charge is 2.26. The molecule has 3 rings (SSSR count). The highest BCUT2D eigenvalue weighted by Crippen LogP contribution is 2.29. The van der Waals surface area contributed by atoms with Crippen LogP contribution in [0.25, 0.3) is 0 Å². The van der Waals surface area contributed by atoms with Crippen molar-refractivity contribution in [1.29, 1.82) is 0 Å². The topological polar surface area (TPSA) is 0 Å². The van der Waals surface area contributed by atoms with Gasteiger partial charge in [-0.25, -0.2) is 0 Å². The van der Waals surface area contributed by atoms with Crippen LogP contribution in [0.15, 0.2) is 83.1 Å². The molecule has 0 N–H and O–H groups in total. The van der Waals surface area contributed by atoms with Gasteiger partial charge in [0, 0.05) is 0 Å². The van der Waals surface area contributed by atoms with Crippen LogP contribution in [0, 0.1) is 0 Å². The van der Waals surface area contributed by atoms with E-state index in [0.717, 1.165) is 0 Å². The third-order valence-corrected chi connectivity index (χ3v) is 7.81. The molecule has 0 radical (unpaired) electrons. The number of hydrogen-bond acceptors (Lipinski definition) is 0. The van der Waals surface area contributed by atoms with Crippen LogP contribution in [-0.2, 0) is 0 Å². The molecule has 0 bridgehead atoms. The molecule has 0 unspecified atom stereocenters. The Morgan fingerprint density at radius 1 is 0.864 bits per heavy atom. The molecule has 0 aromatic heterocycles. The molecule has 1 aliphatic rings. The van der Waals surface area contributed by atoms with Crippen molar-refractivity contribution >= 4 is 19.2 Å². The molecule has 2 aromatic carbocycles. The van der Waals surface area contributed by atoms with Gasteiger partial charge >= 0.3 is 0 Å². The summed E-state index contributed by atoms with van der Waals surface area (Å²) in [5.74, 6) is 0. The van der Waals surface area contributed by atoms with E-state index in [1.807, 2.05) is 0 Å². The predicted molar refractivity (Wildman–Crippen MR) is 99.6 cm³/mol. The lowest BCUT2D eigenvalue weighted by atomic mass is 10.2. The third kappa shape index (κ3) is 3.15. The largest absolute Gasteiger partial charge is 0.129 e. The van der Waals surface area contributed by atoms with Gasteiger partial charge in [0.25, 0.3) is 0 Å². The molecule has 0 aliphatic heterocycles. The molecule has 0 saturated heterocycles. The van der Waals surface area contributed by atoms with E-state index < -0.39 is 8.80 Å². The van der Waals surface area contributed by atoms with Gasteiger partial charge < -0.3 is 0 Å². The van der Waals surface area contributed by atoms with Gasteiger partial charge in [0.2, 0.25) is 0 Å². The summed E-state index contributed by atoms with van der Waals surface area (Å²) in [5.41, 5.74) is 3.15. The van der Waals surface area contributed by atoms with Gasteiger partial charge in [-0.1, -0.05) is 107 Å².